The first-order chi connectivity index (χ1) is 24.3. The minimum absolute atomic E-state index is 0.205. The number of aliphatic imine (C=N–C) groups is 1. The Morgan fingerprint density at radius 3 is 2.57 bits per heavy atom. The average Bonchev–Trinajstić information content (AvgIpc) is 3.58. The molecule has 2 aromatic heterocycles. The number of hydrogen-bond acceptors (Lipinski definition) is 10. The van der Waals surface area contributed by atoms with E-state index < -0.39 is 17.6 Å². The summed E-state index contributed by atoms with van der Waals surface area (Å²) in [5, 5.41) is 7.79. The van der Waals surface area contributed by atoms with Crippen molar-refractivity contribution < 1.29 is 19.1 Å². The van der Waals surface area contributed by atoms with Crippen molar-refractivity contribution in [2.45, 2.75) is 71.6 Å². The van der Waals surface area contributed by atoms with Crippen LogP contribution in [0, 0.1) is 12.3 Å². The largest absolute Gasteiger partial charge is 0.475 e. The fourth-order valence-corrected chi connectivity index (χ4v) is 7.74. The van der Waals surface area contributed by atoms with Crippen LogP contribution < -0.4 is 15.0 Å². The van der Waals surface area contributed by atoms with Gasteiger partial charge in [-0.05, 0) is 116 Å². The number of carbonyl (C=O) groups is 2. The second-order valence-electron chi connectivity index (χ2n) is 15.9. The number of rotatable bonds is 3. The SMILES string of the molecule is Cc1cc2cc(n1)-c1cnn(C)c1OCCN(C(=O)OC(C)(C)C)CCN1/C(=N/C2=O)Nc2ccc(CN3CCC4(CC3)CC(N(C)C)C4)cc21. The first kappa shape index (κ1) is 34.9. The number of nitrogens with one attached hydrogen (secondary N) is 1. The molecule has 7 rings (SSSR count). The summed E-state index contributed by atoms with van der Waals surface area (Å²) in [5.74, 6) is 0.512. The molecule has 3 aromatic rings. The molecule has 51 heavy (non-hydrogen) atoms. The first-order valence-electron chi connectivity index (χ1n) is 18.1. The van der Waals surface area contributed by atoms with Crippen molar-refractivity contribution in [3.63, 3.8) is 0 Å². The van der Waals surface area contributed by atoms with E-state index in [4.69, 9.17) is 14.5 Å². The molecule has 4 aliphatic rings. The van der Waals surface area contributed by atoms with Gasteiger partial charge in [0, 0.05) is 44.0 Å². The number of carbonyl (C=O) groups excluding carboxylic acids is 2. The zero-order chi connectivity index (χ0) is 36.1. The minimum atomic E-state index is -0.672. The van der Waals surface area contributed by atoms with Gasteiger partial charge < -0.3 is 29.5 Å². The van der Waals surface area contributed by atoms with Gasteiger partial charge in [0.05, 0.1) is 35.4 Å². The highest BCUT2D eigenvalue weighted by Crippen LogP contribution is 2.50. The number of likely N-dealkylation sites (tertiary alicyclic amines) is 1. The zero-order valence-electron chi connectivity index (χ0n) is 31.0. The lowest BCUT2D eigenvalue weighted by molar-refractivity contribution is -0.0289. The number of nitrogens with zero attached hydrogens (tertiary/aromatic N) is 8. The third kappa shape index (κ3) is 7.45. The molecule has 0 radical (unpaired) electrons. The van der Waals surface area contributed by atoms with E-state index in [-0.39, 0.29) is 13.2 Å². The van der Waals surface area contributed by atoms with Crippen molar-refractivity contribution in [1.29, 1.82) is 0 Å². The van der Waals surface area contributed by atoms with Crippen LogP contribution in [-0.4, -0.2) is 112 Å². The Kier molecular flexibility index (Phi) is 9.30. The number of fused-ring (bicyclic) bond motifs is 7. The second kappa shape index (κ2) is 13.6. The van der Waals surface area contributed by atoms with Gasteiger partial charge in [-0.1, -0.05) is 6.07 Å². The van der Waals surface area contributed by atoms with E-state index in [0.29, 0.717) is 52.9 Å². The van der Waals surface area contributed by atoms with Gasteiger partial charge in [-0.15, -0.1) is 0 Å². The van der Waals surface area contributed by atoms with E-state index in [1.165, 1.54) is 31.2 Å². The van der Waals surface area contributed by atoms with Crippen LogP contribution in [0.2, 0.25) is 0 Å². The molecule has 1 spiro atoms. The fraction of sp³-hybridized carbons (Fsp3) is 0.553. The molecule has 2 bridgehead atoms. The first-order valence-corrected chi connectivity index (χ1v) is 18.1. The number of piperidine rings is 1. The van der Waals surface area contributed by atoms with Crippen LogP contribution in [0.4, 0.5) is 16.2 Å². The van der Waals surface area contributed by atoms with Gasteiger partial charge in [-0.2, -0.15) is 10.1 Å². The minimum Gasteiger partial charge on any atom is -0.475 e. The molecule has 272 valence electrons. The number of guanidine groups is 1. The Hall–Kier alpha value is -4.49. The van der Waals surface area contributed by atoms with Gasteiger partial charge in [-0.3, -0.25) is 14.7 Å². The van der Waals surface area contributed by atoms with E-state index in [2.05, 4.69) is 57.5 Å². The summed E-state index contributed by atoms with van der Waals surface area (Å²) in [7, 11) is 6.18. The standard InChI is InChI=1S/C38H51N9O4/c1-25-18-27-20-31(40-25)29-23-39-44(7)34(29)50-17-16-46(36(49)51-37(2,3)4)14-15-47-32-19-26(8-9-30(32)41-35(47)42-33(27)48)24-45-12-10-38(11-13-45)21-28(22-38)43(5)6/h8-9,18-20,23,28H,10-17,21-22,24H2,1-7H3,(H,41,42,48). The van der Waals surface area contributed by atoms with E-state index in [1.54, 1.807) is 35.0 Å². The van der Waals surface area contributed by atoms with Gasteiger partial charge in [-0.25, -0.2) is 9.48 Å². The van der Waals surface area contributed by atoms with Crippen molar-refractivity contribution in [2.75, 3.05) is 63.6 Å². The van der Waals surface area contributed by atoms with E-state index >= 15 is 0 Å². The summed E-state index contributed by atoms with van der Waals surface area (Å²) in [6, 6.07) is 10.6. The van der Waals surface area contributed by atoms with Crippen LogP contribution in [0.25, 0.3) is 11.3 Å². The molecule has 2 amide bonds. The fourth-order valence-electron chi connectivity index (χ4n) is 7.74. The van der Waals surface area contributed by atoms with Crippen LogP contribution in [0.1, 0.15) is 68.1 Å². The molecule has 0 unspecified atom stereocenters. The maximum atomic E-state index is 13.8. The highest BCUT2D eigenvalue weighted by atomic mass is 16.6. The van der Waals surface area contributed by atoms with Gasteiger partial charge in [0.1, 0.15) is 12.2 Å². The predicted octanol–water partition coefficient (Wildman–Crippen LogP) is 5.15. The highest BCUT2D eigenvalue weighted by molar-refractivity contribution is 6.19. The lowest BCUT2D eigenvalue weighted by Gasteiger charge is -2.54. The average molecular weight is 698 g/mol. The van der Waals surface area contributed by atoms with Crippen molar-refractivity contribution in [3.8, 4) is 17.1 Å². The van der Waals surface area contributed by atoms with E-state index in [1.807, 2.05) is 32.6 Å². The van der Waals surface area contributed by atoms with Crippen molar-refractivity contribution >= 4 is 29.3 Å². The number of benzene rings is 1. The van der Waals surface area contributed by atoms with Gasteiger partial charge in [0.15, 0.2) is 0 Å². The van der Waals surface area contributed by atoms with E-state index in [9.17, 15) is 9.59 Å². The molecular formula is C38H51N9O4. The molecule has 2 fully saturated rings. The molecule has 1 N–H and O–H groups in total. The summed E-state index contributed by atoms with van der Waals surface area (Å²) in [6.45, 7) is 11.6. The van der Waals surface area contributed by atoms with Gasteiger partial charge in [0.25, 0.3) is 5.91 Å². The van der Waals surface area contributed by atoms with Crippen LogP contribution >= 0.6 is 0 Å². The molecule has 1 saturated heterocycles. The summed E-state index contributed by atoms with van der Waals surface area (Å²) < 4.78 is 13.7. The molecule has 3 aliphatic heterocycles. The number of aromatic nitrogens is 3. The maximum absolute atomic E-state index is 13.8. The number of ether oxygens (including phenoxy) is 2. The Morgan fingerprint density at radius 2 is 1.84 bits per heavy atom. The number of aryl methyl sites for hydroxylation is 2. The van der Waals surface area contributed by atoms with Gasteiger partial charge in [0.2, 0.25) is 11.8 Å². The van der Waals surface area contributed by atoms with Crippen molar-refractivity contribution in [3.05, 3.63) is 53.3 Å². The van der Waals surface area contributed by atoms with Crippen LogP contribution in [0.5, 0.6) is 5.88 Å². The molecule has 1 saturated carbocycles. The van der Waals surface area contributed by atoms with Crippen LogP contribution in [0.3, 0.4) is 0 Å². The van der Waals surface area contributed by atoms with Gasteiger partial charge >= 0.3 is 6.09 Å². The third-order valence-electron chi connectivity index (χ3n) is 10.7. The summed E-state index contributed by atoms with van der Waals surface area (Å²) in [4.78, 5) is 45.3. The quantitative estimate of drug-likeness (QED) is 0.393. The lowest BCUT2D eigenvalue weighted by Crippen LogP contribution is -2.53. The van der Waals surface area contributed by atoms with E-state index in [0.717, 1.165) is 37.1 Å². The molecule has 1 aromatic carbocycles. The predicted molar refractivity (Wildman–Crippen MR) is 197 cm³/mol. The summed E-state index contributed by atoms with van der Waals surface area (Å²) in [5.41, 5.74) is 5.13. The monoisotopic (exact) mass is 697 g/mol. The number of pyridine rings is 1. The Bertz CT molecular complexity index is 1830. The zero-order valence-corrected chi connectivity index (χ0v) is 31.0. The maximum Gasteiger partial charge on any atom is 0.410 e. The van der Waals surface area contributed by atoms with Crippen LogP contribution in [0.15, 0.2) is 41.5 Å². The molecule has 5 heterocycles. The summed E-state index contributed by atoms with van der Waals surface area (Å²) >= 11 is 0. The Morgan fingerprint density at radius 1 is 1.08 bits per heavy atom. The molecule has 0 atom stereocenters. The molecular weight excluding hydrogens is 646 g/mol. The number of amides is 2. The third-order valence-corrected chi connectivity index (χ3v) is 10.7. The van der Waals surface area contributed by atoms with Crippen molar-refractivity contribution in [1.82, 2.24) is 29.5 Å². The highest BCUT2D eigenvalue weighted by Gasteiger charge is 2.46. The second-order valence-corrected chi connectivity index (χ2v) is 15.9. The van der Waals surface area contributed by atoms with Crippen LogP contribution in [-0.2, 0) is 18.3 Å². The van der Waals surface area contributed by atoms with Crippen molar-refractivity contribution in [2.24, 2.45) is 17.5 Å². The number of anilines is 2. The summed E-state index contributed by atoms with van der Waals surface area (Å²) in [6.07, 6.45) is 6.35. The number of hydrogen-bond donors (Lipinski definition) is 1. The smallest absolute Gasteiger partial charge is 0.410 e. The molecule has 13 heteroatoms. The lowest BCUT2D eigenvalue weighted by atomic mass is 9.60. The molecule has 13 nitrogen and oxygen atoms in total. The Balaban J connectivity index is 1.17. The topological polar surface area (TPSA) is 121 Å². The molecule has 1 aliphatic carbocycles. The normalized spacial score (nSPS) is 20.6. The Labute approximate surface area is 300 Å².